The second-order valence-electron chi connectivity index (χ2n) is 4.38. The fourth-order valence-corrected chi connectivity index (χ4v) is 1.91. The van der Waals surface area contributed by atoms with Gasteiger partial charge in [0.1, 0.15) is 0 Å². The number of carboxylic acid groups (broad SMARTS) is 1. The average Bonchev–Trinajstić information content (AvgIpc) is 2.75. The lowest BCUT2D eigenvalue weighted by Gasteiger charge is -2.00. The first-order valence-corrected chi connectivity index (χ1v) is 6.67. The monoisotopic (exact) mass is 309 g/mol. The Labute approximate surface area is 124 Å². The lowest BCUT2D eigenvalue weighted by atomic mass is 10.3. The Morgan fingerprint density at radius 1 is 1.36 bits per heavy atom. The minimum absolute atomic E-state index is 0.0215. The van der Waals surface area contributed by atoms with Gasteiger partial charge in [-0.05, 0) is 25.5 Å². The lowest BCUT2D eigenvalue weighted by molar-refractivity contribution is -0.143. The summed E-state index contributed by atoms with van der Waals surface area (Å²) in [5.74, 6) is -0.301. The van der Waals surface area contributed by atoms with Gasteiger partial charge >= 0.3 is 17.8 Å². The molecule has 2 heterocycles. The van der Waals surface area contributed by atoms with Crippen molar-refractivity contribution in [3.05, 3.63) is 28.8 Å². The summed E-state index contributed by atoms with van der Waals surface area (Å²) in [4.78, 5) is 33.8. The molecule has 0 spiro atoms. The Kier molecular flexibility index (Phi) is 4.77. The first kappa shape index (κ1) is 15.5. The molecule has 0 radical (unpaired) electrons. The zero-order chi connectivity index (χ0) is 16.1. The van der Waals surface area contributed by atoms with Gasteiger partial charge in [-0.2, -0.15) is 0 Å². The lowest BCUT2D eigenvalue weighted by Crippen LogP contribution is -2.21. The van der Waals surface area contributed by atoms with E-state index in [9.17, 15) is 14.4 Å². The Morgan fingerprint density at radius 2 is 2.14 bits per heavy atom. The number of carbonyl (C=O) groups is 2. The SMILES string of the molecule is CCOC(=O)CCCn1nc2ccc(OC(=O)O)cn2c1=O. The molecule has 0 atom stereocenters. The molecule has 0 fully saturated rings. The van der Waals surface area contributed by atoms with Crippen molar-refractivity contribution in [1.29, 1.82) is 0 Å². The molecule has 0 amide bonds. The molecule has 0 aromatic carbocycles. The van der Waals surface area contributed by atoms with Gasteiger partial charge < -0.3 is 14.6 Å². The number of hydrogen-bond donors (Lipinski definition) is 1. The highest BCUT2D eigenvalue weighted by atomic mass is 16.7. The van der Waals surface area contributed by atoms with Crippen LogP contribution in [0.3, 0.4) is 0 Å². The van der Waals surface area contributed by atoms with Crippen molar-refractivity contribution >= 4 is 17.8 Å². The first-order chi connectivity index (χ1) is 10.5. The van der Waals surface area contributed by atoms with E-state index in [-0.39, 0.29) is 24.7 Å². The number of nitrogens with zero attached hydrogens (tertiary/aromatic N) is 3. The highest BCUT2D eigenvalue weighted by Gasteiger charge is 2.10. The topological polar surface area (TPSA) is 112 Å². The minimum atomic E-state index is -1.46. The van der Waals surface area contributed by atoms with Crippen LogP contribution in [0.4, 0.5) is 4.79 Å². The van der Waals surface area contributed by atoms with E-state index >= 15 is 0 Å². The summed E-state index contributed by atoms with van der Waals surface area (Å²) in [5.41, 5.74) is -0.0754. The number of hydrogen-bond acceptors (Lipinski definition) is 6. The minimum Gasteiger partial charge on any atom is -0.466 e. The standard InChI is InChI=1S/C13H15N3O6/c1-2-21-11(17)4-3-7-16-12(18)15-8-9(22-13(19)20)5-6-10(15)14-16/h5-6,8H,2-4,7H2,1H3,(H,19,20). The van der Waals surface area contributed by atoms with Gasteiger partial charge in [-0.1, -0.05) is 0 Å². The largest absolute Gasteiger partial charge is 0.511 e. The Hall–Kier alpha value is -2.84. The smallest absolute Gasteiger partial charge is 0.466 e. The summed E-state index contributed by atoms with van der Waals surface area (Å²) < 4.78 is 11.7. The molecular formula is C13H15N3O6. The van der Waals surface area contributed by atoms with Gasteiger partial charge in [-0.3, -0.25) is 4.79 Å². The quantitative estimate of drug-likeness (QED) is 0.789. The van der Waals surface area contributed by atoms with Gasteiger partial charge in [0.2, 0.25) is 0 Å². The summed E-state index contributed by atoms with van der Waals surface area (Å²) in [6, 6.07) is 2.88. The molecule has 1 N–H and O–H groups in total. The van der Waals surface area contributed by atoms with Gasteiger partial charge in [0.25, 0.3) is 0 Å². The van der Waals surface area contributed by atoms with E-state index in [1.165, 1.54) is 27.4 Å². The van der Waals surface area contributed by atoms with Gasteiger partial charge in [-0.25, -0.2) is 18.7 Å². The molecule has 0 saturated heterocycles. The van der Waals surface area contributed by atoms with E-state index in [0.29, 0.717) is 18.7 Å². The van der Waals surface area contributed by atoms with Crippen LogP contribution in [0.15, 0.2) is 23.1 Å². The molecule has 22 heavy (non-hydrogen) atoms. The Balaban J connectivity index is 2.11. The van der Waals surface area contributed by atoms with Crippen LogP contribution in [0.1, 0.15) is 19.8 Å². The van der Waals surface area contributed by atoms with E-state index in [2.05, 4.69) is 9.84 Å². The maximum atomic E-state index is 12.1. The molecule has 2 rings (SSSR count). The Bertz CT molecular complexity index is 748. The second-order valence-corrected chi connectivity index (χ2v) is 4.38. The highest BCUT2D eigenvalue weighted by molar-refractivity contribution is 5.69. The molecule has 9 nitrogen and oxygen atoms in total. The second kappa shape index (κ2) is 6.74. The molecule has 0 unspecified atom stereocenters. The van der Waals surface area contributed by atoms with Gasteiger partial charge in [0.05, 0.1) is 12.8 Å². The molecule has 0 aliphatic rings. The highest BCUT2D eigenvalue weighted by Crippen LogP contribution is 2.11. The fourth-order valence-electron chi connectivity index (χ4n) is 1.91. The number of rotatable bonds is 6. The molecule has 0 aliphatic heterocycles. The fraction of sp³-hybridized carbons (Fsp3) is 0.385. The molecule has 0 aliphatic carbocycles. The Morgan fingerprint density at radius 3 is 2.82 bits per heavy atom. The number of ether oxygens (including phenoxy) is 2. The zero-order valence-corrected chi connectivity index (χ0v) is 11.9. The number of fused-ring (bicyclic) bond motifs is 1. The van der Waals surface area contributed by atoms with Crippen LogP contribution in [0.25, 0.3) is 5.65 Å². The van der Waals surface area contributed by atoms with Crippen molar-refractivity contribution in [3.8, 4) is 5.75 Å². The number of pyridine rings is 1. The van der Waals surface area contributed by atoms with Gasteiger partial charge in [-0.15, -0.1) is 5.10 Å². The van der Waals surface area contributed by atoms with E-state index in [4.69, 9.17) is 9.84 Å². The van der Waals surface area contributed by atoms with Crippen LogP contribution in [-0.2, 0) is 16.1 Å². The summed E-state index contributed by atoms with van der Waals surface area (Å²) in [6.45, 7) is 2.30. The third-order valence-electron chi connectivity index (χ3n) is 2.81. The van der Waals surface area contributed by atoms with E-state index in [1.54, 1.807) is 6.92 Å². The summed E-state index contributed by atoms with van der Waals surface area (Å²) in [5, 5.41) is 12.6. The maximum absolute atomic E-state index is 12.1. The van der Waals surface area contributed by atoms with Crippen molar-refractivity contribution in [1.82, 2.24) is 14.2 Å². The third-order valence-corrected chi connectivity index (χ3v) is 2.81. The number of aryl methyl sites for hydroxylation is 1. The number of carbonyl (C=O) groups excluding carboxylic acids is 1. The first-order valence-electron chi connectivity index (χ1n) is 6.67. The molecule has 9 heteroatoms. The van der Waals surface area contributed by atoms with Crippen LogP contribution >= 0.6 is 0 Å². The maximum Gasteiger partial charge on any atom is 0.511 e. The van der Waals surface area contributed by atoms with Crippen molar-refractivity contribution in [2.45, 2.75) is 26.3 Å². The van der Waals surface area contributed by atoms with Crippen molar-refractivity contribution in [2.24, 2.45) is 0 Å². The number of aromatic nitrogens is 3. The normalized spacial score (nSPS) is 10.6. The third kappa shape index (κ3) is 3.62. The summed E-state index contributed by atoms with van der Waals surface area (Å²) in [7, 11) is 0. The van der Waals surface area contributed by atoms with Crippen LogP contribution in [0.5, 0.6) is 5.75 Å². The average molecular weight is 309 g/mol. The van der Waals surface area contributed by atoms with E-state index in [0.717, 1.165) is 0 Å². The molecule has 2 aromatic heterocycles. The van der Waals surface area contributed by atoms with E-state index in [1.807, 2.05) is 0 Å². The predicted molar refractivity (Wildman–Crippen MR) is 74.0 cm³/mol. The summed E-state index contributed by atoms with van der Waals surface area (Å²) in [6.07, 6.45) is 0.401. The molecule has 2 aromatic rings. The summed E-state index contributed by atoms with van der Waals surface area (Å²) >= 11 is 0. The van der Waals surface area contributed by atoms with Crippen molar-refractivity contribution < 1.29 is 24.2 Å². The van der Waals surface area contributed by atoms with Gasteiger partial charge in [0.15, 0.2) is 11.4 Å². The molecule has 0 bridgehead atoms. The zero-order valence-electron chi connectivity index (χ0n) is 11.9. The molecular weight excluding hydrogens is 294 g/mol. The van der Waals surface area contributed by atoms with Gasteiger partial charge in [0, 0.05) is 13.0 Å². The van der Waals surface area contributed by atoms with Crippen molar-refractivity contribution in [3.63, 3.8) is 0 Å². The van der Waals surface area contributed by atoms with Crippen LogP contribution in [0, 0.1) is 0 Å². The molecule has 118 valence electrons. The van der Waals surface area contributed by atoms with Crippen LogP contribution in [0.2, 0.25) is 0 Å². The number of esters is 1. The molecule has 0 saturated carbocycles. The van der Waals surface area contributed by atoms with Crippen molar-refractivity contribution in [2.75, 3.05) is 6.61 Å². The van der Waals surface area contributed by atoms with Crippen LogP contribution in [-0.4, -0.2) is 38.0 Å². The van der Waals surface area contributed by atoms with E-state index < -0.39 is 11.8 Å². The van der Waals surface area contributed by atoms with Crippen LogP contribution < -0.4 is 10.4 Å². The predicted octanol–water partition coefficient (Wildman–Crippen LogP) is 0.896.